The largest absolute Gasteiger partial charge is 0.494 e. The molecule has 0 fully saturated rings. The summed E-state index contributed by atoms with van der Waals surface area (Å²) in [6.45, 7) is 6.27. The van der Waals surface area contributed by atoms with Gasteiger partial charge in [0.05, 0.1) is 18.5 Å². The maximum Gasteiger partial charge on any atom is 0.263 e. The van der Waals surface area contributed by atoms with Crippen molar-refractivity contribution in [2.75, 3.05) is 6.61 Å². The Morgan fingerprint density at radius 3 is 2.43 bits per heavy atom. The standard InChI is InChI=1S/C24H22N2O3S/c1-4-29-19-12-10-18(11-13-19)21-15(2)30-23-22(21)24(28)26(16(3)25-23)14-20(27)17-8-6-5-7-9-17/h5-13H,4,14H2,1-3H3. The molecule has 2 aromatic carbocycles. The van der Waals surface area contributed by atoms with Crippen LogP contribution in [0.15, 0.2) is 59.4 Å². The van der Waals surface area contributed by atoms with E-state index >= 15 is 0 Å². The molecule has 2 heterocycles. The zero-order valence-corrected chi connectivity index (χ0v) is 18.0. The highest BCUT2D eigenvalue weighted by Gasteiger charge is 2.20. The number of nitrogens with zero attached hydrogens (tertiary/aromatic N) is 2. The molecule has 0 saturated heterocycles. The van der Waals surface area contributed by atoms with Gasteiger partial charge in [-0.25, -0.2) is 4.98 Å². The van der Waals surface area contributed by atoms with Gasteiger partial charge in [-0.05, 0) is 38.5 Å². The Kier molecular flexibility index (Phi) is 5.50. The molecule has 152 valence electrons. The normalized spacial score (nSPS) is 11.0. The summed E-state index contributed by atoms with van der Waals surface area (Å²) in [6, 6.07) is 16.7. The number of aryl methyl sites for hydroxylation is 2. The summed E-state index contributed by atoms with van der Waals surface area (Å²) in [5, 5.41) is 0.563. The number of fused-ring (bicyclic) bond motifs is 1. The lowest BCUT2D eigenvalue weighted by molar-refractivity contribution is 0.0969. The Balaban J connectivity index is 1.82. The predicted octanol–water partition coefficient (Wildman–Crippen LogP) is 5.02. The van der Waals surface area contributed by atoms with Gasteiger partial charge < -0.3 is 4.74 Å². The van der Waals surface area contributed by atoms with Gasteiger partial charge in [-0.3, -0.25) is 14.2 Å². The number of Topliss-reactive ketones (excluding diaryl/α,β-unsaturated/α-hetero) is 1. The Labute approximate surface area is 178 Å². The molecule has 0 atom stereocenters. The Morgan fingerprint density at radius 1 is 1.07 bits per heavy atom. The third kappa shape index (κ3) is 3.66. The number of benzene rings is 2. The van der Waals surface area contributed by atoms with Crippen molar-refractivity contribution in [1.29, 1.82) is 0 Å². The molecule has 6 heteroatoms. The molecular weight excluding hydrogens is 396 g/mol. The van der Waals surface area contributed by atoms with E-state index in [0.717, 1.165) is 21.8 Å². The van der Waals surface area contributed by atoms with Crippen molar-refractivity contribution >= 4 is 27.3 Å². The molecule has 0 aliphatic carbocycles. The third-order valence-electron chi connectivity index (χ3n) is 5.03. The number of rotatable bonds is 6. The molecule has 0 spiro atoms. The summed E-state index contributed by atoms with van der Waals surface area (Å²) in [5.41, 5.74) is 2.20. The van der Waals surface area contributed by atoms with Crippen LogP contribution in [0.5, 0.6) is 5.75 Å². The van der Waals surface area contributed by atoms with E-state index in [1.54, 1.807) is 19.1 Å². The average molecular weight is 419 g/mol. The molecule has 30 heavy (non-hydrogen) atoms. The van der Waals surface area contributed by atoms with Crippen LogP contribution < -0.4 is 10.3 Å². The molecule has 0 saturated carbocycles. The van der Waals surface area contributed by atoms with Crippen LogP contribution in [-0.4, -0.2) is 21.9 Å². The van der Waals surface area contributed by atoms with Crippen molar-refractivity contribution in [3.05, 3.63) is 81.2 Å². The van der Waals surface area contributed by atoms with Crippen LogP contribution in [0.4, 0.5) is 0 Å². The fourth-order valence-electron chi connectivity index (χ4n) is 3.57. The minimum absolute atomic E-state index is 0.0325. The maximum atomic E-state index is 13.4. The molecule has 0 aliphatic heterocycles. The summed E-state index contributed by atoms with van der Waals surface area (Å²) < 4.78 is 7.00. The highest BCUT2D eigenvalue weighted by Crippen LogP contribution is 2.36. The predicted molar refractivity (Wildman–Crippen MR) is 121 cm³/mol. The second-order valence-corrected chi connectivity index (χ2v) is 8.21. The minimum atomic E-state index is -0.185. The number of ether oxygens (including phenoxy) is 1. The first-order valence-corrected chi connectivity index (χ1v) is 10.6. The van der Waals surface area contributed by atoms with E-state index in [2.05, 4.69) is 4.98 Å². The van der Waals surface area contributed by atoms with E-state index in [4.69, 9.17) is 4.74 Å². The molecule has 5 nitrogen and oxygen atoms in total. The van der Waals surface area contributed by atoms with Crippen molar-refractivity contribution in [1.82, 2.24) is 9.55 Å². The molecule has 4 aromatic rings. The fourth-order valence-corrected chi connectivity index (χ4v) is 4.65. The first-order chi connectivity index (χ1) is 14.5. The van der Waals surface area contributed by atoms with E-state index in [9.17, 15) is 9.59 Å². The van der Waals surface area contributed by atoms with E-state index in [0.29, 0.717) is 28.2 Å². The van der Waals surface area contributed by atoms with Crippen molar-refractivity contribution in [3.8, 4) is 16.9 Å². The monoisotopic (exact) mass is 418 g/mol. The second-order valence-electron chi connectivity index (χ2n) is 7.01. The van der Waals surface area contributed by atoms with Crippen LogP contribution in [0.3, 0.4) is 0 Å². The number of hydrogen-bond donors (Lipinski definition) is 0. The van der Waals surface area contributed by atoms with Crippen molar-refractivity contribution in [3.63, 3.8) is 0 Å². The van der Waals surface area contributed by atoms with Gasteiger partial charge in [-0.2, -0.15) is 0 Å². The zero-order chi connectivity index (χ0) is 21.3. The molecule has 0 radical (unpaired) electrons. The summed E-state index contributed by atoms with van der Waals surface area (Å²) >= 11 is 1.50. The first-order valence-electron chi connectivity index (χ1n) is 9.81. The van der Waals surface area contributed by atoms with Crippen molar-refractivity contribution < 1.29 is 9.53 Å². The minimum Gasteiger partial charge on any atom is -0.494 e. The topological polar surface area (TPSA) is 61.2 Å². The van der Waals surface area contributed by atoms with Crippen molar-refractivity contribution in [2.24, 2.45) is 0 Å². The molecule has 0 aliphatic rings. The number of carbonyl (C=O) groups is 1. The highest BCUT2D eigenvalue weighted by atomic mass is 32.1. The average Bonchev–Trinajstić information content (AvgIpc) is 3.08. The van der Waals surface area contributed by atoms with Gasteiger partial charge in [0, 0.05) is 16.0 Å². The lowest BCUT2D eigenvalue weighted by atomic mass is 10.0. The highest BCUT2D eigenvalue weighted by molar-refractivity contribution is 7.19. The zero-order valence-electron chi connectivity index (χ0n) is 17.1. The van der Waals surface area contributed by atoms with Gasteiger partial charge in [0.1, 0.15) is 16.4 Å². The lowest BCUT2D eigenvalue weighted by Gasteiger charge is -2.10. The number of carbonyl (C=O) groups excluding carboxylic acids is 1. The quantitative estimate of drug-likeness (QED) is 0.412. The fraction of sp³-hybridized carbons (Fsp3) is 0.208. The summed E-state index contributed by atoms with van der Waals surface area (Å²) in [5.74, 6) is 1.21. The molecule has 0 N–H and O–H groups in total. The van der Waals surface area contributed by atoms with Crippen LogP contribution in [0.2, 0.25) is 0 Å². The molecule has 2 aromatic heterocycles. The van der Waals surface area contributed by atoms with Crippen LogP contribution in [0, 0.1) is 13.8 Å². The van der Waals surface area contributed by atoms with Gasteiger partial charge in [-0.15, -0.1) is 11.3 Å². The Morgan fingerprint density at radius 2 is 1.77 bits per heavy atom. The molecular formula is C24H22N2O3S. The van der Waals surface area contributed by atoms with Crippen LogP contribution in [0.25, 0.3) is 21.3 Å². The van der Waals surface area contributed by atoms with Crippen LogP contribution >= 0.6 is 11.3 Å². The van der Waals surface area contributed by atoms with E-state index in [1.165, 1.54) is 15.9 Å². The Bertz CT molecular complexity index is 1270. The smallest absolute Gasteiger partial charge is 0.263 e. The second kappa shape index (κ2) is 8.24. The van der Waals surface area contributed by atoms with E-state index in [1.807, 2.05) is 56.3 Å². The molecule has 0 bridgehead atoms. The first kappa shape index (κ1) is 20.0. The third-order valence-corrected chi connectivity index (χ3v) is 6.03. The lowest BCUT2D eigenvalue weighted by Crippen LogP contribution is -2.27. The molecule has 0 unspecified atom stereocenters. The number of aromatic nitrogens is 2. The summed E-state index contributed by atoms with van der Waals surface area (Å²) in [7, 11) is 0. The van der Waals surface area contributed by atoms with Gasteiger partial charge in [0.25, 0.3) is 5.56 Å². The van der Waals surface area contributed by atoms with Crippen LogP contribution in [-0.2, 0) is 6.54 Å². The van der Waals surface area contributed by atoms with Gasteiger partial charge in [-0.1, -0.05) is 42.5 Å². The molecule has 4 rings (SSSR count). The number of thiophene rings is 1. The SMILES string of the molecule is CCOc1ccc(-c2c(C)sc3nc(C)n(CC(=O)c4ccccc4)c(=O)c23)cc1. The summed E-state index contributed by atoms with van der Waals surface area (Å²) in [4.78, 5) is 32.5. The van der Waals surface area contributed by atoms with Gasteiger partial charge in [0.2, 0.25) is 0 Å². The van der Waals surface area contributed by atoms with Crippen LogP contribution in [0.1, 0.15) is 28.0 Å². The van der Waals surface area contributed by atoms with Gasteiger partial charge in [0.15, 0.2) is 5.78 Å². The number of hydrogen-bond acceptors (Lipinski definition) is 5. The number of ketones is 1. The maximum absolute atomic E-state index is 13.4. The van der Waals surface area contributed by atoms with Gasteiger partial charge >= 0.3 is 0 Å². The Hall–Kier alpha value is -3.25. The van der Waals surface area contributed by atoms with E-state index in [-0.39, 0.29) is 17.9 Å². The van der Waals surface area contributed by atoms with E-state index < -0.39 is 0 Å². The summed E-state index contributed by atoms with van der Waals surface area (Å²) in [6.07, 6.45) is 0. The molecule has 0 amide bonds. The van der Waals surface area contributed by atoms with Crippen molar-refractivity contribution in [2.45, 2.75) is 27.3 Å².